The Bertz CT molecular complexity index is 201. The van der Waals surface area contributed by atoms with Crippen molar-refractivity contribution < 1.29 is 9.47 Å². The summed E-state index contributed by atoms with van der Waals surface area (Å²) in [5.74, 6) is 0.793. The van der Waals surface area contributed by atoms with E-state index in [0.29, 0.717) is 0 Å². The Kier molecular flexibility index (Phi) is 11.5. The molecule has 0 aliphatic rings. The molecule has 0 saturated carbocycles. The van der Waals surface area contributed by atoms with Crippen LogP contribution in [0.15, 0.2) is 11.6 Å². The molecule has 0 bridgehead atoms. The summed E-state index contributed by atoms with van der Waals surface area (Å²) >= 11 is 0. The van der Waals surface area contributed by atoms with Crippen LogP contribution in [0, 0.1) is 5.92 Å². The molecule has 0 N–H and O–H groups in total. The van der Waals surface area contributed by atoms with Gasteiger partial charge in [-0.05, 0) is 44.6 Å². The highest BCUT2D eigenvalue weighted by molar-refractivity contribution is 5.00. The van der Waals surface area contributed by atoms with Crippen LogP contribution < -0.4 is 0 Å². The lowest BCUT2D eigenvalue weighted by atomic mass is 10.0. The van der Waals surface area contributed by atoms with Crippen LogP contribution in [-0.2, 0) is 9.47 Å². The number of rotatable bonds is 11. The summed E-state index contributed by atoms with van der Waals surface area (Å²) in [5, 5.41) is 0. The van der Waals surface area contributed by atoms with Crippen molar-refractivity contribution in [2.24, 2.45) is 5.92 Å². The highest BCUT2D eigenvalue weighted by Crippen LogP contribution is 2.13. The number of hydrogen-bond acceptors (Lipinski definition) is 2. The number of allylic oxidation sites excluding steroid dienone is 1. The van der Waals surface area contributed by atoms with Gasteiger partial charge in [0.15, 0.2) is 6.29 Å². The fraction of sp³-hybridized carbons (Fsp3) is 0.875. The van der Waals surface area contributed by atoms with E-state index in [1.807, 2.05) is 0 Å². The van der Waals surface area contributed by atoms with Crippen molar-refractivity contribution in [3.63, 3.8) is 0 Å². The Morgan fingerprint density at radius 2 is 1.61 bits per heavy atom. The van der Waals surface area contributed by atoms with Crippen LogP contribution in [0.2, 0.25) is 0 Å². The van der Waals surface area contributed by atoms with E-state index in [0.717, 1.165) is 38.4 Å². The minimum Gasteiger partial charge on any atom is -0.349 e. The van der Waals surface area contributed by atoms with E-state index in [4.69, 9.17) is 9.47 Å². The lowest BCUT2D eigenvalue weighted by Gasteiger charge is -2.16. The third-order valence-electron chi connectivity index (χ3n) is 2.75. The molecule has 0 atom stereocenters. The molecule has 0 spiro atoms. The molecule has 0 heterocycles. The minimum absolute atomic E-state index is 0.149. The Hall–Kier alpha value is -0.340. The van der Waals surface area contributed by atoms with E-state index in [1.54, 1.807) is 0 Å². The van der Waals surface area contributed by atoms with Crippen LogP contribution in [0.25, 0.3) is 0 Å². The minimum atomic E-state index is -0.149. The predicted molar refractivity (Wildman–Crippen MR) is 78.7 cm³/mol. The van der Waals surface area contributed by atoms with Crippen LogP contribution in [0.4, 0.5) is 0 Å². The first-order chi connectivity index (χ1) is 8.60. The zero-order valence-electron chi connectivity index (χ0n) is 13.0. The van der Waals surface area contributed by atoms with Gasteiger partial charge in [0.2, 0.25) is 0 Å². The van der Waals surface area contributed by atoms with E-state index < -0.39 is 0 Å². The van der Waals surface area contributed by atoms with Crippen LogP contribution in [0.5, 0.6) is 0 Å². The molecular weight excluding hydrogens is 224 g/mol. The van der Waals surface area contributed by atoms with Crippen LogP contribution in [-0.4, -0.2) is 19.5 Å². The SMILES string of the molecule is CCCOC(/C=C(\C)CCCC(C)C)OCCC. The third kappa shape index (κ3) is 10.8. The van der Waals surface area contributed by atoms with Gasteiger partial charge in [0.1, 0.15) is 0 Å². The summed E-state index contributed by atoms with van der Waals surface area (Å²) in [5.41, 5.74) is 1.38. The van der Waals surface area contributed by atoms with E-state index >= 15 is 0 Å². The molecule has 0 rings (SSSR count). The quantitative estimate of drug-likeness (QED) is 0.385. The molecule has 2 nitrogen and oxygen atoms in total. The molecule has 0 radical (unpaired) electrons. The van der Waals surface area contributed by atoms with E-state index in [1.165, 1.54) is 18.4 Å². The molecule has 0 unspecified atom stereocenters. The first-order valence-corrected chi connectivity index (χ1v) is 7.50. The van der Waals surface area contributed by atoms with Crippen LogP contribution in [0.3, 0.4) is 0 Å². The maximum atomic E-state index is 5.69. The van der Waals surface area contributed by atoms with Gasteiger partial charge in [-0.15, -0.1) is 0 Å². The highest BCUT2D eigenvalue weighted by atomic mass is 16.7. The van der Waals surface area contributed by atoms with Gasteiger partial charge in [0.25, 0.3) is 0 Å². The first-order valence-electron chi connectivity index (χ1n) is 7.50. The average Bonchev–Trinajstić information content (AvgIpc) is 2.32. The first kappa shape index (κ1) is 17.7. The number of hydrogen-bond donors (Lipinski definition) is 0. The molecule has 0 aromatic carbocycles. The molecular formula is C16H32O2. The van der Waals surface area contributed by atoms with E-state index in [-0.39, 0.29) is 6.29 Å². The van der Waals surface area contributed by atoms with Crippen molar-refractivity contribution in [3.8, 4) is 0 Å². The van der Waals surface area contributed by atoms with Crippen molar-refractivity contribution in [3.05, 3.63) is 11.6 Å². The van der Waals surface area contributed by atoms with Gasteiger partial charge in [-0.1, -0.05) is 39.7 Å². The van der Waals surface area contributed by atoms with Gasteiger partial charge in [-0.2, -0.15) is 0 Å². The average molecular weight is 256 g/mol. The summed E-state index contributed by atoms with van der Waals surface area (Å²) in [7, 11) is 0. The Labute approximate surface area is 114 Å². The van der Waals surface area contributed by atoms with Gasteiger partial charge in [-0.3, -0.25) is 0 Å². The lowest BCUT2D eigenvalue weighted by Crippen LogP contribution is -2.16. The summed E-state index contributed by atoms with van der Waals surface area (Å²) in [4.78, 5) is 0. The molecule has 2 heteroatoms. The van der Waals surface area contributed by atoms with Crippen molar-refractivity contribution in [2.45, 2.75) is 73.0 Å². The fourth-order valence-corrected chi connectivity index (χ4v) is 1.72. The largest absolute Gasteiger partial charge is 0.349 e. The lowest BCUT2D eigenvalue weighted by molar-refractivity contribution is -0.111. The fourth-order valence-electron chi connectivity index (χ4n) is 1.72. The van der Waals surface area contributed by atoms with Gasteiger partial charge in [-0.25, -0.2) is 0 Å². The molecule has 18 heavy (non-hydrogen) atoms. The maximum Gasteiger partial charge on any atom is 0.177 e. The molecule has 0 aromatic rings. The Balaban J connectivity index is 4.05. The van der Waals surface area contributed by atoms with Crippen molar-refractivity contribution in [1.29, 1.82) is 0 Å². The Morgan fingerprint density at radius 3 is 2.06 bits per heavy atom. The molecule has 0 fully saturated rings. The predicted octanol–water partition coefficient (Wildman–Crippen LogP) is 4.94. The highest BCUT2D eigenvalue weighted by Gasteiger charge is 2.06. The summed E-state index contributed by atoms with van der Waals surface area (Å²) in [6.45, 7) is 12.5. The molecule has 0 aromatic heterocycles. The third-order valence-corrected chi connectivity index (χ3v) is 2.75. The van der Waals surface area contributed by atoms with Crippen molar-refractivity contribution in [2.75, 3.05) is 13.2 Å². The van der Waals surface area contributed by atoms with Gasteiger partial charge in [0.05, 0.1) is 0 Å². The Morgan fingerprint density at radius 1 is 1.06 bits per heavy atom. The van der Waals surface area contributed by atoms with Gasteiger partial charge in [0, 0.05) is 13.2 Å². The maximum absolute atomic E-state index is 5.69. The second-order valence-electron chi connectivity index (χ2n) is 5.41. The van der Waals surface area contributed by atoms with Gasteiger partial charge < -0.3 is 9.47 Å². The monoisotopic (exact) mass is 256 g/mol. The second kappa shape index (κ2) is 11.7. The molecule has 0 aliphatic carbocycles. The molecule has 0 aliphatic heterocycles. The topological polar surface area (TPSA) is 18.5 Å². The van der Waals surface area contributed by atoms with Crippen molar-refractivity contribution in [1.82, 2.24) is 0 Å². The molecule has 0 saturated heterocycles. The molecule has 108 valence electrons. The second-order valence-corrected chi connectivity index (χ2v) is 5.41. The standard InChI is InChI=1S/C16H32O2/c1-6-11-17-16(18-12-7-2)13-15(5)10-8-9-14(3)4/h13-14,16H,6-12H2,1-5H3/b15-13+. The summed E-state index contributed by atoms with van der Waals surface area (Å²) < 4.78 is 11.4. The molecule has 0 amide bonds. The van der Waals surface area contributed by atoms with E-state index in [2.05, 4.69) is 40.7 Å². The van der Waals surface area contributed by atoms with Crippen LogP contribution >= 0.6 is 0 Å². The van der Waals surface area contributed by atoms with Gasteiger partial charge >= 0.3 is 0 Å². The smallest absolute Gasteiger partial charge is 0.177 e. The zero-order chi connectivity index (χ0) is 13.8. The number of ether oxygens (including phenoxy) is 2. The summed E-state index contributed by atoms with van der Waals surface area (Å²) in [6.07, 6.45) is 7.77. The summed E-state index contributed by atoms with van der Waals surface area (Å²) in [6, 6.07) is 0. The normalized spacial score (nSPS) is 12.7. The zero-order valence-corrected chi connectivity index (χ0v) is 13.0. The van der Waals surface area contributed by atoms with E-state index in [9.17, 15) is 0 Å². The van der Waals surface area contributed by atoms with Crippen LogP contribution in [0.1, 0.15) is 66.7 Å². The van der Waals surface area contributed by atoms with Crippen molar-refractivity contribution >= 4 is 0 Å².